The summed E-state index contributed by atoms with van der Waals surface area (Å²) in [5.41, 5.74) is 1.29. The third-order valence-electron chi connectivity index (χ3n) is 6.49. The minimum absolute atomic E-state index is 0.0000926. The highest BCUT2D eigenvalue weighted by molar-refractivity contribution is 6.04. The van der Waals surface area contributed by atoms with Gasteiger partial charge in [0.2, 0.25) is 11.8 Å². The summed E-state index contributed by atoms with van der Waals surface area (Å²) in [6.45, 7) is 2.62. The normalized spacial score (nSPS) is 17.1. The zero-order valence-electron chi connectivity index (χ0n) is 18.4. The number of nitrogens with zero attached hydrogens (tertiary/aromatic N) is 3. The highest BCUT2D eigenvalue weighted by atomic mass is 19.1. The minimum atomic E-state index is -0.643. The van der Waals surface area contributed by atoms with E-state index >= 15 is 4.39 Å². The molecular weight excluding hydrogens is 438 g/mol. The van der Waals surface area contributed by atoms with E-state index < -0.39 is 11.6 Å². The molecule has 6 rings (SSSR count). The van der Waals surface area contributed by atoms with Crippen molar-refractivity contribution < 1.29 is 18.3 Å². The Balaban J connectivity index is 1.69. The van der Waals surface area contributed by atoms with Crippen LogP contribution in [0.15, 0.2) is 36.4 Å². The van der Waals surface area contributed by atoms with Crippen LogP contribution in [-0.2, 0) is 0 Å². The number of hydrogen-bond donors (Lipinski definition) is 1. The lowest BCUT2D eigenvalue weighted by Gasteiger charge is -2.36. The number of rotatable bonds is 2. The summed E-state index contributed by atoms with van der Waals surface area (Å²) >= 11 is 0. The second kappa shape index (κ2) is 7.82. The van der Waals surface area contributed by atoms with Crippen LogP contribution in [0.25, 0.3) is 32.9 Å². The lowest BCUT2D eigenvalue weighted by atomic mass is 9.96. The molecule has 1 atom stereocenters. The number of ether oxygens (including phenoxy) is 2. The first-order chi connectivity index (χ1) is 16.6. The summed E-state index contributed by atoms with van der Waals surface area (Å²) in [7, 11) is 1.50. The maximum absolute atomic E-state index is 16.2. The van der Waals surface area contributed by atoms with Crippen molar-refractivity contribution in [3.05, 3.63) is 53.6 Å². The van der Waals surface area contributed by atoms with E-state index in [9.17, 15) is 4.39 Å². The number of halogens is 2. The molecule has 1 N–H and O–H groups in total. The van der Waals surface area contributed by atoms with Crippen LogP contribution >= 0.6 is 0 Å². The predicted octanol–water partition coefficient (Wildman–Crippen LogP) is 3.89. The van der Waals surface area contributed by atoms with Crippen LogP contribution in [0.1, 0.15) is 5.56 Å². The average molecular weight is 458 g/mol. The quantitative estimate of drug-likeness (QED) is 0.460. The summed E-state index contributed by atoms with van der Waals surface area (Å²) in [4.78, 5) is 11.2. The average Bonchev–Trinajstić information content (AvgIpc) is 3.03. The molecule has 2 aliphatic rings. The topological polar surface area (TPSA) is 59.5 Å². The number of nitrogens with one attached hydrogen (secondary N) is 1. The van der Waals surface area contributed by atoms with Gasteiger partial charge in [0, 0.05) is 36.7 Å². The number of piperazine rings is 1. The molecule has 0 unspecified atom stereocenters. The second-order valence-electron chi connectivity index (χ2n) is 8.32. The molecule has 0 saturated carbocycles. The standard InChI is InChI=1S/C26H20F2N4O2/c1-3-16-18(27)8-7-14-5-4-6-17(21(14)16)24-23(28)25-22-19(11-20(30-25)33-2)32-10-9-29-12-15(32)13-34-26(22)31-24/h1,4-8,11,15,29H,9-10,12-13H2,2H3/t15-/m0/s1. The van der Waals surface area contributed by atoms with Gasteiger partial charge in [-0.3, -0.25) is 0 Å². The van der Waals surface area contributed by atoms with Crippen molar-refractivity contribution in [2.24, 2.45) is 0 Å². The van der Waals surface area contributed by atoms with E-state index in [1.807, 2.05) is 0 Å². The smallest absolute Gasteiger partial charge is 0.225 e. The third-order valence-corrected chi connectivity index (χ3v) is 6.49. The van der Waals surface area contributed by atoms with Crippen molar-refractivity contribution in [1.29, 1.82) is 0 Å². The first-order valence-electron chi connectivity index (χ1n) is 11.0. The van der Waals surface area contributed by atoms with Gasteiger partial charge >= 0.3 is 0 Å². The molecule has 0 amide bonds. The summed E-state index contributed by atoms with van der Waals surface area (Å²) in [5, 5.41) is 4.96. The number of terminal acetylenes is 1. The van der Waals surface area contributed by atoms with E-state index in [0.29, 0.717) is 28.3 Å². The lowest BCUT2D eigenvalue weighted by molar-refractivity contribution is 0.266. The van der Waals surface area contributed by atoms with E-state index in [4.69, 9.17) is 15.9 Å². The molecule has 0 aliphatic carbocycles. The van der Waals surface area contributed by atoms with Gasteiger partial charge in [0.25, 0.3) is 0 Å². The fourth-order valence-electron chi connectivity index (χ4n) is 4.91. The molecule has 1 saturated heterocycles. The molecule has 2 aromatic carbocycles. The molecule has 1 fully saturated rings. The van der Waals surface area contributed by atoms with Gasteiger partial charge in [0.1, 0.15) is 23.6 Å². The van der Waals surface area contributed by atoms with E-state index in [-0.39, 0.29) is 34.6 Å². The maximum atomic E-state index is 16.2. The molecule has 0 bridgehead atoms. The Morgan fingerprint density at radius 1 is 1.21 bits per heavy atom. The van der Waals surface area contributed by atoms with Crippen molar-refractivity contribution in [2.75, 3.05) is 38.3 Å². The van der Waals surface area contributed by atoms with E-state index in [1.54, 1.807) is 30.3 Å². The van der Waals surface area contributed by atoms with Crippen molar-refractivity contribution >= 4 is 27.4 Å². The van der Waals surface area contributed by atoms with Crippen LogP contribution in [0.5, 0.6) is 11.8 Å². The molecule has 2 aliphatic heterocycles. The molecule has 4 heterocycles. The van der Waals surface area contributed by atoms with Gasteiger partial charge in [-0.25, -0.2) is 18.7 Å². The Hall–Kier alpha value is -3.96. The molecule has 0 radical (unpaired) electrons. The predicted molar refractivity (Wildman–Crippen MR) is 126 cm³/mol. The van der Waals surface area contributed by atoms with Crippen molar-refractivity contribution in [3.63, 3.8) is 0 Å². The Bertz CT molecular complexity index is 1520. The second-order valence-corrected chi connectivity index (χ2v) is 8.32. The highest BCUT2D eigenvalue weighted by Gasteiger charge is 2.32. The van der Waals surface area contributed by atoms with Crippen LogP contribution in [0, 0.1) is 24.0 Å². The zero-order valence-corrected chi connectivity index (χ0v) is 18.4. The number of benzene rings is 2. The van der Waals surface area contributed by atoms with Crippen LogP contribution in [-0.4, -0.2) is 49.4 Å². The van der Waals surface area contributed by atoms with E-state index in [0.717, 1.165) is 25.3 Å². The number of hydrogen-bond acceptors (Lipinski definition) is 6. The van der Waals surface area contributed by atoms with Crippen LogP contribution in [0.4, 0.5) is 14.5 Å². The Morgan fingerprint density at radius 3 is 2.91 bits per heavy atom. The van der Waals surface area contributed by atoms with Gasteiger partial charge in [-0.1, -0.05) is 30.2 Å². The number of anilines is 1. The number of pyridine rings is 2. The first-order valence-corrected chi connectivity index (χ1v) is 11.0. The fraction of sp³-hybridized carbons (Fsp3) is 0.231. The largest absolute Gasteiger partial charge is 0.481 e. The monoisotopic (exact) mass is 458 g/mol. The Morgan fingerprint density at radius 2 is 2.09 bits per heavy atom. The summed E-state index contributed by atoms with van der Waals surface area (Å²) < 4.78 is 42.3. The first kappa shape index (κ1) is 20.6. The van der Waals surface area contributed by atoms with Crippen LogP contribution in [0.3, 0.4) is 0 Å². The third kappa shape index (κ3) is 2.97. The van der Waals surface area contributed by atoms with Gasteiger partial charge in [-0.2, -0.15) is 0 Å². The summed E-state index contributed by atoms with van der Waals surface area (Å²) in [6.07, 6.45) is 5.63. The molecule has 4 aromatic rings. The SMILES string of the molecule is C#Cc1c(F)ccc2cccc(-c3nc4c5c(cc(OC)nc5c3F)N3CCNC[C@H]3CO4)c12. The van der Waals surface area contributed by atoms with Gasteiger partial charge in [0.15, 0.2) is 5.82 Å². The summed E-state index contributed by atoms with van der Waals surface area (Å²) in [5.74, 6) is 1.78. The lowest BCUT2D eigenvalue weighted by Crippen LogP contribution is -2.53. The fourth-order valence-corrected chi connectivity index (χ4v) is 4.91. The molecule has 34 heavy (non-hydrogen) atoms. The van der Waals surface area contributed by atoms with E-state index in [1.165, 1.54) is 13.2 Å². The molecule has 2 aromatic heterocycles. The van der Waals surface area contributed by atoms with Crippen LogP contribution < -0.4 is 19.7 Å². The van der Waals surface area contributed by atoms with Gasteiger partial charge in [-0.15, -0.1) is 6.42 Å². The molecule has 8 heteroatoms. The summed E-state index contributed by atoms with van der Waals surface area (Å²) in [6, 6.07) is 10.0. The highest BCUT2D eigenvalue weighted by Crippen LogP contribution is 2.43. The van der Waals surface area contributed by atoms with Gasteiger partial charge in [0.05, 0.1) is 29.8 Å². The molecule has 6 nitrogen and oxygen atoms in total. The van der Waals surface area contributed by atoms with Gasteiger partial charge in [-0.05, 0) is 11.5 Å². The van der Waals surface area contributed by atoms with Gasteiger partial charge < -0.3 is 19.7 Å². The zero-order chi connectivity index (χ0) is 23.4. The molecule has 0 spiro atoms. The van der Waals surface area contributed by atoms with E-state index in [2.05, 4.69) is 26.1 Å². The number of aromatic nitrogens is 2. The number of fused-ring (bicyclic) bond motifs is 3. The van der Waals surface area contributed by atoms with Crippen LogP contribution in [0.2, 0.25) is 0 Å². The number of methoxy groups -OCH3 is 1. The van der Waals surface area contributed by atoms with Crippen molar-refractivity contribution in [2.45, 2.75) is 6.04 Å². The Kier molecular flexibility index (Phi) is 4.74. The van der Waals surface area contributed by atoms with Crippen molar-refractivity contribution in [1.82, 2.24) is 15.3 Å². The minimum Gasteiger partial charge on any atom is -0.481 e. The molecule has 170 valence electrons. The Labute approximate surface area is 194 Å². The maximum Gasteiger partial charge on any atom is 0.225 e. The molecular formula is C26H20F2N4O2. The van der Waals surface area contributed by atoms with Crippen molar-refractivity contribution in [3.8, 4) is 35.4 Å².